The first-order valence-electron chi connectivity index (χ1n) is 5.48. The third kappa shape index (κ3) is 4.36. The fourth-order valence-corrected chi connectivity index (χ4v) is 1.93. The van der Waals surface area contributed by atoms with Gasteiger partial charge in [-0.25, -0.2) is 0 Å². The van der Waals surface area contributed by atoms with Crippen molar-refractivity contribution in [3.63, 3.8) is 0 Å². The van der Waals surface area contributed by atoms with Crippen molar-refractivity contribution < 1.29 is 9.53 Å². The first kappa shape index (κ1) is 14.0. The van der Waals surface area contributed by atoms with Crippen LogP contribution in [0.25, 0.3) is 0 Å². The smallest absolute Gasteiger partial charge is 0.255 e. The van der Waals surface area contributed by atoms with Crippen molar-refractivity contribution >= 4 is 21.8 Å². The number of carbonyl (C=O) groups is 1. The van der Waals surface area contributed by atoms with Gasteiger partial charge in [-0.1, -0.05) is 22.9 Å². The van der Waals surface area contributed by atoms with E-state index < -0.39 is 5.91 Å². The Balaban J connectivity index is 2.90. The number of nitrogens with two attached hydrogens (primary N) is 1. The largest absolute Gasteiger partial charge is 0.483 e. The summed E-state index contributed by atoms with van der Waals surface area (Å²) in [5.41, 5.74) is 6.07. The molecule has 1 atom stereocenters. The summed E-state index contributed by atoms with van der Waals surface area (Å²) in [7, 11) is 0. The number of rotatable bonds is 6. The molecular weight excluding hydrogens is 284 g/mol. The van der Waals surface area contributed by atoms with Gasteiger partial charge in [-0.2, -0.15) is 0 Å². The summed E-state index contributed by atoms with van der Waals surface area (Å²) in [6, 6.07) is 5.83. The summed E-state index contributed by atoms with van der Waals surface area (Å²) in [5.74, 6) is 0.204. The Morgan fingerprint density at radius 1 is 1.59 bits per heavy atom. The molecule has 5 heteroatoms. The van der Waals surface area contributed by atoms with Crippen LogP contribution in [0.5, 0.6) is 5.75 Å². The number of primary amides is 1. The van der Waals surface area contributed by atoms with E-state index in [1.54, 1.807) is 0 Å². The minimum atomic E-state index is -0.477. The van der Waals surface area contributed by atoms with Gasteiger partial charge >= 0.3 is 0 Å². The lowest BCUT2D eigenvalue weighted by Crippen LogP contribution is -2.22. The molecule has 0 spiro atoms. The van der Waals surface area contributed by atoms with Crippen LogP contribution in [0.15, 0.2) is 22.7 Å². The topological polar surface area (TPSA) is 64.3 Å². The Bertz CT molecular complexity index is 396. The van der Waals surface area contributed by atoms with Crippen LogP contribution in [0.1, 0.15) is 25.5 Å². The molecule has 3 N–H and O–H groups in total. The Hall–Kier alpha value is -1.07. The van der Waals surface area contributed by atoms with Gasteiger partial charge in [-0.15, -0.1) is 0 Å². The van der Waals surface area contributed by atoms with Crippen LogP contribution in [0, 0.1) is 0 Å². The molecule has 0 bridgehead atoms. The number of carbonyl (C=O) groups excluding carboxylic acids is 1. The third-order valence-electron chi connectivity index (χ3n) is 2.32. The van der Waals surface area contributed by atoms with Crippen LogP contribution in [0.4, 0.5) is 0 Å². The highest BCUT2D eigenvalue weighted by atomic mass is 79.9. The van der Waals surface area contributed by atoms with Crippen molar-refractivity contribution in [3.05, 3.63) is 28.2 Å². The number of amides is 1. The van der Waals surface area contributed by atoms with Crippen molar-refractivity contribution in [2.75, 3.05) is 13.2 Å². The Kier molecular flexibility index (Phi) is 5.44. The molecule has 0 aliphatic rings. The Labute approximate surface area is 110 Å². The van der Waals surface area contributed by atoms with Crippen LogP contribution in [-0.2, 0) is 4.79 Å². The zero-order valence-electron chi connectivity index (χ0n) is 10.00. The van der Waals surface area contributed by atoms with Crippen LogP contribution >= 0.6 is 15.9 Å². The number of halogens is 1. The van der Waals surface area contributed by atoms with E-state index in [0.29, 0.717) is 5.75 Å². The van der Waals surface area contributed by atoms with Crippen molar-refractivity contribution in [1.82, 2.24) is 5.32 Å². The highest BCUT2D eigenvalue weighted by Gasteiger charge is 2.12. The van der Waals surface area contributed by atoms with Gasteiger partial charge < -0.3 is 15.8 Å². The number of hydrogen-bond donors (Lipinski definition) is 2. The summed E-state index contributed by atoms with van der Waals surface area (Å²) < 4.78 is 6.36. The Morgan fingerprint density at radius 3 is 2.88 bits per heavy atom. The quantitative estimate of drug-likeness (QED) is 0.844. The lowest BCUT2D eigenvalue weighted by atomic mass is 10.1. The highest BCUT2D eigenvalue weighted by molar-refractivity contribution is 9.10. The van der Waals surface area contributed by atoms with Gasteiger partial charge in [0.25, 0.3) is 5.91 Å². The van der Waals surface area contributed by atoms with Crippen LogP contribution < -0.4 is 15.8 Å². The maximum atomic E-state index is 10.7. The van der Waals surface area contributed by atoms with E-state index in [9.17, 15) is 4.79 Å². The fourth-order valence-electron chi connectivity index (χ4n) is 1.55. The summed E-state index contributed by atoms with van der Waals surface area (Å²) in [6.07, 6.45) is 0. The monoisotopic (exact) mass is 300 g/mol. The number of hydrogen-bond acceptors (Lipinski definition) is 3. The molecule has 1 amide bonds. The zero-order valence-corrected chi connectivity index (χ0v) is 11.6. The van der Waals surface area contributed by atoms with E-state index in [-0.39, 0.29) is 12.6 Å². The standard InChI is InChI=1S/C12H17BrN2O2/c1-3-15-8(2)10-6-9(13)4-5-11(10)17-7-12(14)16/h4-6,8,15H,3,7H2,1-2H3,(H2,14,16). The van der Waals surface area contributed by atoms with Crippen LogP contribution in [0.2, 0.25) is 0 Å². The minimum absolute atomic E-state index is 0.104. The molecule has 0 saturated carbocycles. The third-order valence-corrected chi connectivity index (χ3v) is 2.81. The molecule has 1 aromatic carbocycles. The highest BCUT2D eigenvalue weighted by Crippen LogP contribution is 2.28. The molecule has 17 heavy (non-hydrogen) atoms. The predicted octanol–water partition coefficient (Wildman–Crippen LogP) is 1.98. The van der Waals surface area contributed by atoms with E-state index in [1.165, 1.54) is 0 Å². The average molecular weight is 301 g/mol. The minimum Gasteiger partial charge on any atom is -0.483 e. The lowest BCUT2D eigenvalue weighted by molar-refractivity contribution is -0.119. The summed E-state index contributed by atoms with van der Waals surface area (Å²) in [5, 5.41) is 3.30. The normalized spacial score (nSPS) is 12.2. The molecule has 4 nitrogen and oxygen atoms in total. The van der Waals surface area contributed by atoms with Gasteiger partial charge in [0.2, 0.25) is 0 Å². The Morgan fingerprint density at radius 2 is 2.29 bits per heavy atom. The second-order valence-corrected chi connectivity index (χ2v) is 4.63. The molecule has 0 saturated heterocycles. The van der Waals surface area contributed by atoms with Crippen LogP contribution in [-0.4, -0.2) is 19.1 Å². The van der Waals surface area contributed by atoms with E-state index in [1.807, 2.05) is 32.0 Å². The molecule has 1 aromatic rings. The first-order chi connectivity index (χ1) is 8.04. The molecule has 94 valence electrons. The zero-order chi connectivity index (χ0) is 12.8. The maximum absolute atomic E-state index is 10.7. The van der Waals surface area contributed by atoms with Crippen LogP contribution in [0.3, 0.4) is 0 Å². The van der Waals surface area contributed by atoms with Gasteiger partial charge in [0.15, 0.2) is 6.61 Å². The molecule has 0 aromatic heterocycles. The number of benzene rings is 1. The fraction of sp³-hybridized carbons (Fsp3) is 0.417. The van der Waals surface area contributed by atoms with Gasteiger partial charge in [0.1, 0.15) is 5.75 Å². The summed E-state index contributed by atoms with van der Waals surface area (Å²) in [4.78, 5) is 10.7. The lowest BCUT2D eigenvalue weighted by Gasteiger charge is -2.17. The number of ether oxygens (including phenoxy) is 1. The van der Waals surface area contributed by atoms with E-state index in [4.69, 9.17) is 10.5 Å². The van der Waals surface area contributed by atoms with Gasteiger partial charge in [-0.05, 0) is 31.7 Å². The van der Waals surface area contributed by atoms with E-state index in [2.05, 4.69) is 21.2 Å². The van der Waals surface area contributed by atoms with Gasteiger partial charge in [-0.3, -0.25) is 4.79 Å². The first-order valence-corrected chi connectivity index (χ1v) is 6.27. The molecule has 1 rings (SSSR count). The second kappa shape index (κ2) is 6.61. The van der Waals surface area contributed by atoms with E-state index in [0.717, 1.165) is 16.6 Å². The molecule has 0 radical (unpaired) electrons. The van der Waals surface area contributed by atoms with E-state index >= 15 is 0 Å². The molecular formula is C12H17BrN2O2. The second-order valence-electron chi connectivity index (χ2n) is 3.72. The van der Waals surface area contributed by atoms with Gasteiger partial charge in [0, 0.05) is 16.1 Å². The average Bonchev–Trinajstić information content (AvgIpc) is 2.27. The predicted molar refractivity (Wildman–Crippen MR) is 70.9 cm³/mol. The molecule has 1 unspecified atom stereocenters. The summed E-state index contributed by atoms with van der Waals surface area (Å²) >= 11 is 3.42. The molecule has 0 aliphatic heterocycles. The SMILES string of the molecule is CCNC(C)c1cc(Br)ccc1OCC(N)=O. The van der Waals surface area contributed by atoms with Crippen molar-refractivity contribution in [3.8, 4) is 5.75 Å². The summed E-state index contributed by atoms with van der Waals surface area (Å²) in [6.45, 7) is 4.84. The molecule has 0 aliphatic carbocycles. The van der Waals surface area contributed by atoms with Crippen molar-refractivity contribution in [2.45, 2.75) is 19.9 Å². The molecule has 0 heterocycles. The van der Waals surface area contributed by atoms with Gasteiger partial charge in [0.05, 0.1) is 0 Å². The van der Waals surface area contributed by atoms with Crippen molar-refractivity contribution in [1.29, 1.82) is 0 Å². The maximum Gasteiger partial charge on any atom is 0.255 e. The van der Waals surface area contributed by atoms with Crippen molar-refractivity contribution in [2.24, 2.45) is 5.73 Å². The molecule has 0 fully saturated rings. The number of nitrogens with one attached hydrogen (secondary N) is 1.